The van der Waals surface area contributed by atoms with Crippen molar-refractivity contribution in [3.63, 3.8) is 0 Å². The van der Waals surface area contributed by atoms with E-state index < -0.39 is 5.97 Å². The summed E-state index contributed by atoms with van der Waals surface area (Å²) in [5.74, 6) is 0.778. The Morgan fingerprint density at radius 3 is 2.32 bits per heavy atom. The predicted octanol–water partition coefficient (Wildman–Crippen LogP) is 2.84. The molecule has 2 aliphatic carbocycles. The number of nitrogens with zero attached hydrogens (tertiary/aromatic N) is 1. The number of nitrogens with two attached hydrogens (primary N) is 1. The van der Waals surface area contributed by atoms with Gasteiger partial charge in [-0.1, -0.05) is 12.1 Å². The number of amides is 1. The van der Waals surface area contributed by atoms with E-state index in [4.69, 9.17) is 15.6 Å². The Labute approximate surface area is 167 Å². The molecule has 1 amide bonds. The fourth-order valence-corrected chi connectivity index (χ4v) is 4.20. The molecule has 154 valence electrons. The van der Waals surface area contributed by atoms with Crippen LogP contribution in [0.4, 0.5) is 0 Å². The van der Waals surface area contributed by atoms with Crippen molar-refractivity contribution in [3.8, 4) is 5.75 Å². The van der Waals surface area contributed by atoms with Crippen LogP contribution in [-0.4, -0.2) is 47.6 Å². The van der Waals surface area contributed by atoms with Crippen molar-refractivity contribution in [1.82, 2.24) is 4.90 Å². The van der Waals surface area contributed by atoms with Gasteiger partial charge in [0.1, 0.15) is 5.75 Å². The molecule has 0 heterocycles. The van der Waals surface area contributed by atoms with Crippen molar-refractivity contribution >= 4 is 11.9 Å². The molecule has 6 nitrogen and oxygen atoms in total. The lowest BCUT2D eigenvalue weighted by atomic mass is 9.78. The summed E-state index contributed by atoms with van der Waals surface area (Å²) in [4.78, 5) is 25.2. The van der Waals surface area contributed by atoms with E-state index in [0.29, 0.717) is 18.6 Å². The molecule has 0 unspecified atom stereocenters. The van der Waals surface area contributed by atoms with Crippen molar-refractivity contribution in [1.29, 1.82) is 0 Å². The summed E-state index contributed by atoms with van der Waals surface area (Å²) < 4.78 is 5.89. The van der Waals surface area contributed by atoms with E-state index >= 15 is 0 Å². The minimum absolute atomic E-state index is 0.0270. The molecule has 3 N–H and O–H groups in total. The largest absolute Gasteiger partial charge is 0.493 e. The zero-order valence-electron chi connectivity index (χ0n) is 16.7. The number of carboxylic acids is 1. The van der Waals surface area contributed by atoms with Crippen molar-refractivity contribution in [3.05, 3.63) is 29.8 Å². The highest BCUT2D eigenvalue weighted by Crippen LogP contribution is 2.32. The van der Waals surface area contributed by atoms with Crippen LogP contribution >= 0.6 is 0 Å². The molecular formula is C22H32N2O4. The van der Waals surface area contributed by atoms with Gasteiger partial charge in [0.15, 0.2) is 0 Å². The van der Waals surface area contributed by atoms with Crippen molar-refractivity contribution in [2.45, 2.75) is 63.5 Å². The molecule has 6 heteroatoms. The summed E-state index contributed by atoms with van der Waals surface area (Å²) in [6, 6.07) is 7.26. The summed E-state index contributed by atoms with van der Waals surface area (Å²) in [6.45, 7) is 0.649. The molecule has 2 saturated carbocycles. The van der Waals surface area contributed by atoms with Gasteiger partial charge in [-0.15, -0.1) is 0 Å². The number of ether oxygens (including phenoxy) is 1. The minimum atomic E-state index is -0.832. The quantitative estimate of drug-likeness (QED) is 0.714. The molecule has 1 aromatic rings. The first-order valence-corrected chi connectivity index (χ1v) is 10.4. The summed E-state index contributed by atoms with van der Waals surface area (Å²) in [7, 11) is 1.90. The lowest BCUT2D eigenvalue weighted by Crippen LogP contribution is -2.52. The molecule has 2 fully saturated rings. The zero-order valence-corrected chi connectivity index (χ0v) is 16.7. The number of carbonyl (C=O) groups excluding carboxylic acids is 1. The molecule has 0 aromatic heterocycles. The van der Waals surface area contributed by atoms with E-state index in [1.165, 1.54) is 6.42 Å². The molecule has 0 saturated heterocycles. The van der Waals surface area contributed by atoms with Crippen LogP contribution in [0.25, 0.3) is 0 Å². The normalized spacial score (nSPS) is 23.5. The highest BCUT2D eigenvalue weighted by Gasteiger charge is 2.34. The van der Waals surface area contributed by atoms with Gasteiger partial charge in [0.2, 0.25) is 5.91 Å². The van der Waals surface area contributed by atoms with Gasteiger partial charge < -0.3 is 20.5 Å². The van der Waals surface area contributed by atoms with Crippen LogP contribution in [-0.2, 0) is 16.0 Å². The number of benzene rings is 1. The first-order valence-electron chi connectivity index (χ1n) is 10.4. The third kappa shape index (κ3) is 5.25. The standard InChI is InChI=1S/C22H32N2O4/c1-24(18-3-2-4-18)22(27)21(23)17-9-5-16(6-10-17)14-28-19-11-7-15(8-12-19)13-20(25)26/h7-8,11-12,16-18,21H,2-6,9-10,13-14,23H2,1H3,(H,25,26)/t16?,17?,21-/m0/s1. The average molecular weight is 389 g/mol. The number of likely N-dealkylation sites (N-methyl/N-ethyl adjacent to an activating group) is 1. The van der Waals surface area contributed by atoms with Crippen LogP contribution in [0.15, 0.2) is 24.3 Å². The average Bonchev–Trinajstić information content (AvgIpc) is 2.65. The molecule has 0 radical (unpaired) electrons. The van der Waals surface area contributed by atoms with Crippen molar-refractivity contribution in [2.75, 3.05) is 13.7 Å². The summed E-state index contributed by atoms with van der Waals surface area (Å²) in [6.07, 6.45) is 7.44. The molecule has 3 rings (SSSR count). The maximum atomic E-state index is 12.6. The van der Waals surface area contributed by atoms with Gasteiger partial charge in [-0.25, -0.2) is 0 Å². The molecule has 1 atom stereocenters. The van der Waals surface area contributed by atoms with Crippen molar-refractivity contribution in [2.24, 2.45) is 17.6 Å². The van der Waals surface area contributed by atoms with Crippen LogP contribution in [0.5, 0.6) is 5.75 Å². The first-order chi connectivity index (χ1) is 13.4. The Hall–Kier alpha value is -2.08. The number of carbonyl (C=O) groups is 2. The van der Waals surface area contributed by atoms with Gasteiger partial charge in [0, 0.05) is 13.1 Å². The second kappa shape index (κ2) is 9.41. The fourth-order valence-electron chi connectivity index (χ4n) is 4.20. The highest BCUT2D eigenvalue weighted by atomic mass is 16.5. The summed E-state index contributed by atoms with van der Waals surface area (Å²) in [5, 5.41) is 8.81. The molecule has 28 heavy (non-hydrogen) atoms. The van der Waals surface area contributed by atoms with E-state index in [9.17, 15) is 9.59 Å². The van der Waals surface area contributed by atoms with Gasteiger partial charge in [-0.05, 0) is 74.5 Å². The summed E-state index contributed by atoms with van der Waals surface area (Å²) >= 11 is 0. The topological polar surface area (TPSA) is 92.9 Å². The maximum absolute atomic E-state index is 12.6. The van der Waals surface area contributed by atoms with E-state index in [2.05, 4.69) is 0 Å². The number of aliphatic carboxylic acids is 1. The third-order valence-electron chi connectivity index (χ3n) is 6.42. The Bertz CT molecular complexity index is 664. The van der Waals surface area contributed by atoms with E-state index in [0.717, 1.165) is 49.8 Å². The predicted molar refractivity (Wildman–Crippen MR) is 107 cm³/mol. The number of hydrogen-bond donors (Lipinski definition) is 2. The first kappa shape index (κ1) is 20.6. The van der Waals surface area contributed by atoms with Crippen LogP contribution in [0.3, 0.4) is 0 Å². The van der Waals surface area contributed by atoms with Gasteiger partial charge in [-0.2, -0.15) is 0 Å². The van der Waals surface area contributed by atoms with Crippen LogP contribution < -0.4 is 10.5 Å². The number of carboxylic acid groups (broad SMARTS) is 1. The highest BCUT2D eigenvalue weighted by molar-refractivity contribution is 5.82. The van der Waals surface area contributed by atoms with Crippen LogP contribution in [0.1, 0.15) is 50.5 Å². The molecule has 0 bridgehead atoms. The Morgan fingerprint density at radius 2 is 1.79 bits per heavy atom. The summed E-state index contributed by atoms with van der Waals surface area (Å²) in [5.41, 5.74) is 7.07. The molecular weight excluding hydrogens is 356 g/mol. The van der Waals surface area contributed by atoms with E-state index in [1.54, 1.807) is 12.1 Å². The van der Waals surface area contributed by atoms with Gasteiger partial charge in [0.25, 0.3) is 0 Å². The number of hydrogen-bond acceptors (Lipinski definition) is 4. The molecule has 0 spiro atoms. The lowest BCUT2D eigenvalue weighted by Gasteiger charge is -2.38. The van der Waals surface area contributed by atoms with E-state index in [-0.39, 0.29) is 24.3 Å². The van der Waals surface area contributed by atoms with E-state index in [1.807, 2.05) is 24.1 Å². The second-order valence-electron chi connectivity index (χ2n) is 8.37. The Kier molecular flexibility index (Phi) is 6.94. The third-order valence-corrected chi connectivity index (χ3v) is 6.42. The molecule has 1 aromatic carbocycles. The smallest absolute Gasteiger partial charge is 0.307 e. The number of rotatable bonds is 8. The molecule has 0 aliphatic heterocycles. The monoisotopic (exact) mass is 388 g/mol. The lowest BCUT2D eigenvalue weighted by molar-refractivity contribution is -0.137. The minimum Gasteiger partial charge on any atom is -0.493 e. The van der Waals surface area contributed by atoms with Gasteiger partial charge in [0.05, 0.1) is 19.1 Å². The van der Waals surface area contributed by atoms with Gasteiger partial charge >= 0.3 is 5.97 Å². The van der Waals surface area contributed by atoms with Crippen LogP contribution in [0.2, 0.25) is 0 Å². The second-order valence-corrected chi connectivity index (χ2v) is 8.37. The Balaban J connectivity index is 1.40. The SMILES string of the molecule is CN(C(=O)[C@@H](N)C1CCC(COc2ccc(CC(=O)O)cc2)CC1)C1CCC1. The maximum Gasteiger partial charge on any atom is 0.307 e. The van der Waals surface area contributed by atoms with Crippen LogP contribution in [0, 0.1) is 11.8 Å². The molecule has 2 aliphatic rings. The zero-order chi connectivity index (χ0) is 20.1. The van der Waals surface area contributed by atoms with Crippen molar-refractivity contribution < 1.29 is 19.4 Å². The Morgan fingerprint density at radius 1 is 1.14 bits per heavy atom. The van der Waals surface area contributed by atoms with Gasteiger partial charge in [-0.3, -0.25) is 9.59 Å². The fraction of sp³-hybridized carbons (Fsp3) is 0.636.